The predicted molar refractivity (Wildman–Crippen MR) is 80.8 cm³/mol. The lowest BCUT2D eigenvalue weighted by molar-refractivity contribution is 0.0735. The maximum atomic E-state index is 12.6. The molecule has 3 rings (SSSR count). The van der Waals surface area contributed by atoms with Crippen LogP contribution >= 0.6 is 0 Å². The number of rotatable bonds is 2. The van der Waals surface area contributed by atoms with E-state index >= 15 is 0 Å². The van der Waals surface area contributed by atoms with E-state index in [1.54, 1.807) is 6.07 Å². The molecule has 0 N–H and O–H groups in total. The fraction of sp³-hybridized carbons (Fsp3) is 0.278. The van der Waals surface area contributed by atoms with Crippen LogP contribution in [0.1, 0.15) is 46.1 Å². The Bertz CT molecular complexity index is 691. The zero-order valence-corrected chi connectivity index (χ0v) is 12.0. The highest BCUT2D eigenvalue weighted by Crippen LogP contribution is 2.33. The van der Waals surface area contributed by atoms with Crippen LogP contribution in [0, 0.1) is 19.3 Å². The molecule has 21 heavy (non-hydrogen) atoms. The molecule has 0 radical (unpaired) electrons. The quantitative estimate of drug-likeness (QED) is 0.788. The second-order valence-corrected chi connectivity index (χ2v) is 5.37. The molecule has 1 saturated heterocycles. The smallest absolute Gasteiger partial charge is 0.257 e. The lowest BCUT2D eigenvalue weighted by Gasteiger charge is -2.24. The number of aryl methyl sites for hydroxylation is 1. The summed E-state index contributed by atoms with van der Waals surface area (Å²) in [5.41, 5.74) is 2.62. The Kier molecular flexibility index (Phi) is 3.53. The van der Waals surface area contributed by atoms with Gasteiger partial charge >= 0.3 is 0 Å². The maximum absolute atomic E-state index is 12.6. The van der Waals surface area contributed by atoms with Gasteiger partial charge in [-0.3, -0.25) is 4.79 Å². The Morgan fingerprint density at radius 3 is 2.76 bits per heavy atom. The van der Waals surface area contributed by atoms with E-state index in [0.29, 0.717) is 5.56 Å². The van der Waals surface area contributed by atoms with E-state index in [0.717, 1.165) is 36.3 Å². The Morgan fingerprint density at radius 2 is 2.14 bits per heavy atom. The zero-order chi connectivity index (χ0) is 14.8. The van der Waals surface area contributed by atoms with Crippen molar-refractivity contribution in [2.75, 3.05) is 6.54 Å². The maximum Gasteiger partial charge on any atom is 0.257 e. The van der Waals surface area contributed by atoms with Crippen molar-refractivity contribution in [2.24, 2.45) is 0 Å². The van der Waals surface area contributed by atoms with E-state index in [4.69, 9.17) is 10.8 Å². The number of amides is 1. The molecule has 106 valence electrons. The number of furan rings is 1. The number of benzene rings is 1. The Hall–Kier alpha value is -2.47. The van der Waals surface area contributed by atoms with Gasteiger partial charge in [0.15, 0.2) is 0 Å². The topological polar surface area (TPSA) is 33.5 Å². The molecule has 1 aliphatic rings. The summed E-state index contributed by atoms with van der Waals surface area (Å²) < 4.78 is 5.25. The Labute approximate surface area is 124 Å². The first kappa shape index (κ1) is 13.5. The predicted octanol–water partition coefficient (Wildman–Crippen LogP) is 3.55. The zero-order valence-electron chi connectivity index (χ0n) is 12.0. The molecular weight excluding hydrogens is 262 g/mol. The highest BCUT2D eigenvalue weighted by atomic mass is 16.3. The number of carbonyl (C=O) groups excluding carboxylic acids is 1. The first-order valence-electron chi connectivity index (χ1n) is 7.11. The molecular formula is C18H17NO2. The minimum absolute atomic E-state index is 0.0374. The van der Waals surface area contributed by atoms with Gasteiger partial charge in [0.25, 0.3) is 5.91 Å². The third kappa shape index (κ3) is 2.57. The van der Waals surface area contributed by atoms with Crippen LogP contribution in [0.25, 0.3) is 0 Å². The lowest BCUT2D eigenvalue weighted by Crippen LogP contribution is -2.30. The summed E-state index contributed by atoms with van der Waals surface area (Å²) in [5, 5.41) is 0. The van der Waals surface area contributed by atoms with Crippen molar-refractivity contribution in [2.45, 2.75) is 25.8 Å². The van der Waals surface area contributed by atoms with Crippen molar-refractivity contribution in [3.63, 3.8) is 0 Å². The van der Waals surface area contributed by atoms with E-state index < -0.39 is 0 Å². The molecule has 1 aliphatic heterocycles. The minimum Gasteiger partial charge on any atom is -0.469 e. The van der Waals surface area contributed by atoms with Crippen molar-refractivity contribution in [1.29, 1.82) is 0 Å². The number of terminal acetylenes is 1. The monoisotopic (exact) mass is 279 g/mol. The second kappa shape index (κ2) is 5.49. The summed E-state index contributed by atoms with van der Waals surface area (Å²) in [5.74, 6) is 3.41. The number of likely N-dealkylation sites (tertiary alicyclic amines) is 1. The second-order valence-electron chi connectivity index (χ2n) is 5.37. The normalized spacial score (nSPS) is 17.7. The lowest BCUT2D eigenvalue weighted by atomic mass is 10.0. The van der Waals surface area contributed by atoms with Crippen LogP contribution in [0.15, 0.2) is 41.0 Å². The molecule has 0 saturated carbocycles. The van der Waals surface area contributed by atoms with Gasteiger partial charge in [-0.05, 0) is 43.5 Å². The van der Waals surface area contributed by atoms with Crippen molar-refractivity contribution in [1.82, 2.24) is 4.90 Å². The highest BCUT2D eigenvalue weighted by Gasteiger charge is 2.31. The molecule has 1 aromatic carbocycles. The van der Waals surface area contributed by atoms with Gasteiger partial charge < -0.3 is 9.32 Å². The molecule has 0 bridgehead atoms. The highest BCUT2D eigenvalue weighted by molar-refractivity contribution is 5.94. The summed E-state index contributed by atoms with van der Waals surface area (Å²) in [6.07, 6.45) is 8.92. The summed E-state index contributed by atoms with van der Waals surface area (Å²) in [4.78, 5) is 14.5. The van der Waals surface area contributed by atoms with Gasteiger partial charge in [-0.15, -0.1) is 6.42 Å². The molecule has 3 nitrogen and oxygen atoms in total. The number of nitrogens with zero attached hydrogens (tertiary/aromatic N) is 1. The van der Waals surface area contributed by atoms with Crippen molar-refractivity contribution >= 4 is 5.91 Å². The third-order valence-corrected chi connectivity index (χ3v) is 3.95. The van der Waals surface area contributed by atoms with Crippen LogP contribution < -0.4 is 0 Å². The molecule has 2 aromatic rings. The SMILES string of the molecule is C#Cc1ccc(C2CCCN2C(=O)c2coc(C)c2)cc1. The van der Waals surface area contributed by atoms with E-state index in [9.17, 15) is 4.79 Å². The van der Waals surface area contributed by atoms with E-state index in [1.807, 2.05) is 36.1 Å². The van der Waals surface area contributed by atoms with Gasteiger partial charge in [0, 0.05) is 12.1 Å². The summed E-state index contributed by atoms with van der Waals surface area (Å²) in [6, 6.07) is 9.81. The molecule has 0 aliphatic carbocycles. The fourth-order valence-corrected chi connectivity index (χ4v) is 2.88. The van der Waals surface area contributed by atoms with Crippen LogP contribution in [-0.4, -0.2) is 17.4 Å². The van der Waals surface area contributed by atoms with Gasteiger partial charge in [-0.25, -0.2) is 0 Å². The van der Waals surface area contributed by atoms with Crippen molar-refractivity contribution in [3.8, 4) is 12.3 Å². The molecule has 2 heterocycles. The van der Waals surface area contributed by atoms with Crippen LogP contribution in [-0.2, 0) is 0 Å². The first-order chi connectivity index (χ1) is 10.2. The fourth-order valence-electron chi connectivity index (χ4n) is 2.88. The van der Waals surface area contributed by atoms with Crippen LogP contribution in [0.2, 0.25) is 0 Å². The Balaban J connectivity index is 1.85. The van der Waals surface area contributed by atoms with Gasteiger partial charge in [-0.1, -0.05) is 18.1 Å². The largest absolute Gasteiger partial charge is 0.469 e. The first-order valence-corrected chi connectivity index (χ1v) is 7.11. The van der Waals surface area contributed by atoms with Crippen LogP contribution in [0.4, 0.5) is 0 Å². The van der Waals surface area contributed by atoms with Gasteiger partial charge in [0.1, 0.15) is 12.0 Å². The van der Waals surface area contributed by atoms with Crippen molar-refractivity contribution in [3.05, 3.63) is 59.0 Å². The molecule has 0 spiro atoms. The summed E-state index contributed by atoms with van der Waals surface area (Å²) >= 11 is 0. The van der Waals surface area contributed by atoms with E-state index in [1.165, 1.54) is 6.26 Å². The van der Waals surface area contributed by atoms with Gasteiger partial charge in [-0.2, -0.15) is 0 Å². The molecule has 3 heteroatoms. The van der Waals surface area contributed by atoms with Crippen LogP contribution in [0.3, 0.4) is 0 Å². The summed E-state index contributed by atoms with van der Waals surface area (Å²) in [7, 11) is 0. The van der Waals surface area contributed by atoms with Gasteiger partial charge in [0.2, 0.25) is 0 Å². The van der Waals surface area contributed by atoms with E-state index in [-0.39, 0.29) is 11.9 Å². The standard InChI is InChI=1S/C18H17NO2/c1-3-14-6-8-15(9-7-14)17-5-4-10-19(17)18(20)16-11-13(2)21-12-16/h1,6-9,11-12,17H,4-5,10H2,2H3. The minimum atomic E-state index is 0.0374. The average molecular weight is 279 g/mol. The van der Waals surface area contributed by atoms with Crippen molar-refractivity contribution < 1.29 is 9.21 Å². The van der Waals surface area contributed by atoms with E-state index in [2.05, 4.69) is 5.92 Å². The summed E-state index contributed by atoms with van der Waals surface area (Å²) in [6.45, 7) is 2.63. The molecule has 1 atom stereocenters. The number of carbonyl (C=O) groups is 1. The Morgan fingerprint density at radius 1 is 1.38 bits per heavy atom. The number of hydrogen-bond acceptors (Lipinski definition) is 2. The van der Waals surface area contributed by atoms with Crippen LogP contribution in [0.5, 0.6) is 0 Å². The molecule has 1 unspecified atom stereocenters. The average Bonchev–Trinajstić information content (AvgIpc) is 3.15. The molecule has 1 aromatic heterocycles. The van der Waals surface area contributed by atoms with Gasteiger partial charge in [0.05, 0.1) is 11.6 Å². The third-order valence-electron chi connectivity index (χ3n) is 3.95. The molecule has 1 fully saturated rings. The molecule has 1 amide bonds. The number of hydrogen-bond donors (Lipinski definition) is 0.